The Morgan fingerprint density at radius 3 is 1.15 bits per heavy atom. The molecule has 0 amide bonds. The highest BCUT2D eigenvalue weighted by Gasteiger charge is 2.11. The summed E-state index contributed by atoms with van der Waals surface area (Å²) in [5.74, 6) is 0. The second-order valence-corrected chi connectivity index (χ2v) is 12.8. The molecular formula is C38H26S2. The van der Waals surface area contributed by atoms with E-state index in [-0.39, 0.29) is 0 Å². The van der Waals surface area contributed by atoms with Crippen molar-refractivity contribution in [1.29, 1.82) is 0 Å². The summed E-state index contributed by atoms with van der Waals surface area (Å²) in [6, 6.07) is 45.0. The summed E-state index contributed by atoms with van der Waals surface area (Å²) in [5, 5.41) is 5.42. The van der Waals surface area contributed by atoms with Gasteiger partial charge in [-0.15, -0.1) is 22.7 Å². The third kappa shape index (κ3) is 3.79. The van der Waals surface area contributed by atoms with E-state index >= 15 is 0 Å². The molecule has 0 unspecified atom stereocenters. The lowest BCUT2D eigenvalue weighted by molar-refractivity contribution is 1.56. The van der Waals surface area contributed by atoms with E-state index in [1.165, 1.54) is 84.9 Å². The average molecular weight is 547 g/mol. The fourth-order valence-electron chi connectivity index (χ4n) is 5.99. The van der Waals surface area contributed by atoms with Crippen LogP contribution >= 0.6 is 22.7 Å². The van der Waals surface area contributed by atoms with Crippen LogP contribution in [0.5, 0.6) is 0 Å². The minimum Gasteiger partial charge on any atom is -0.135 e. The van der Waals surface area contributed by atoms with Gasteiger partial charge in [0.25, 0.3) is 0 Å². The lowest BCUT2D eigenvalue weighted by Gasteiger charge is -2.09. The van der Waals surface area contributed by atoms with Crippen LogP contribution in [0, 0.1) is 13.8 Å². The molecule has 2 heteroatoms. The molecule has 0 bridgehead atoms. The Bertz CT molecular complexity index is 2080. The van der Waals surface area contributed by atoms with Crippen LogP contribution in [0.25, 0.3) is 73.7 Å². The lowest BCUT2D eigenvalue weighted by Crippen LogP contribution is -1.83. The van der Waals surface area contributed by atoms with Crippen molar-refractivity contribution in [3.05, 3.63) is 132 Å². The van der Waals surface area contributed by atoms with Crippen LogP contribution in [-0.4, -0.2) is 0 Å². The molecule has 40 heavy (non-hydrogen) atoms. The molecule has 0 spiro atoms. The van der Waals surface area contributed by atoms with E-state index in [2.05, 4.69) is 135 Å². The molecule has 0 aliphatic carbocycles. The van der Waals surface area contributed by atoms with Crippen molar-refractivity contribution in [3.8, 4) is 33.4 Å². The number of benzene rings is 6. The average Bonchev–Trinajstić information content (AvgIpc) is 3.57. The van der Waals surface area contributed by atoms with E-state index in [4.69, 9.17) is 0 Å². The molecule has 0 radical (unpaired) electrons. The van der Waals surface area contributed by atoms with Gasteiger partial charge in [-0.25, -0.2) is 0 Å². The highest BCUT2D eigenvalue weighted by molar-refractivity contribution is 7.26. The monoisotopic (exact) mass is 546 g/mol. The number of aryl methyl sites for hydroxylation is 2. The van der Waals surface area contributed by atoms with E-state index in [0.29, 0.717) is 0 Å². The number of rotatable bonds is 3. The van der Waals surface area contributed by atoms with Gasteiger partial charge in [0.1, 0.15) is 0 Å². The Morgan fingerprint density at radius 1 is 0.350 bits per heavy atom. The van der Waals surface area contributed by atoms with Crippen molar-refractivity contribution < 1.29 is 0 Å². The largest absolute Gasteiger partial charge is 0.135 e. The van der Waals surface area contributed by atoms with Crippen molar-refractivity contribution in [3.63, 3.8) is 0 Å². The molecule has 0 nitrogen and oxygen atoms in total. The van der Waals surface area contributed by atoms with Gasteiger partial charge in [0, 0.05) is 40.3 Å². The lowest BCUT2D eigenvalue weighted by atomic mass is 9.95. The molecule has 0 N–H and O–H groups in total. The SMILES string of the molecule is Cc1cccc2c1sc1cc(-c3cccc(-c4cccc(-c5ccc6c(c5)sc5c(C)cccc56)c4)c3)ccc12. The molecule has 0 aliphatic heterocycles. The standard InChI is InChI=1S/C38H26S2/c1-23-7-3-13-33-31-17-15-29(21-35(31)39-37(23)33)27-11-5-9-25(19-27)26-10-6-12-28(20-26)30-16-18-32-34-14-4-8-24(2)38(34)40-36(32)22-30/h3-22H,1-2H3. The zero-order valence-electron chi connectivity index (χ0n) is 22.4. The molecule has 0 atom stereocenters. The van der Waals surface area contributed by atoms with Gasteiger partial charge >= 0.3 is 0 Å². The molecule has 0 saturated carbocycles. The fourth-order valence-corrected chi connectivity index (χ4v) is 8.42. The fraction of sp³-hybridized carbons (Fsp3) is 0.0526. The van der Waals surface area contributed by atoms with Crippen molar-refractivity contribution >= 4 is 63.0 Å². The van der Waals surface area contributed by atoms with Crippen LogP contribution in [0.15, 0.2) is 121 Å². The molecule has 2 aromatic heterocycles. The highest BCUT2D eigenvalue weighted by Crippen LogP contribution is 2.40. The Hall–Kier alpha value is -4.24. The molecule has 0 aliphatic rings. The topological polar surface area (TPSA) is 0 Å². The van der Waals surface area contributed by atoms with E-state index in [9.17, 15) is 0 Å². The number of fused-ring (bicyclic) bond motifs is 6. The predicted molar refractivity (Wildman–Crippen MR) is 178 cm³/mol. The van der Waals surface area contributed by atoms with Gasteiger partial charge < -0.3 is 0 Å². The number of hydrogen-bond acceptors (Lipinski definition) is 2. The first-order valence-corrected chi connectivity index (χ1v) is 15.3. The summed E-state index contributed by atoms with van der Waals surface area (Å²) in [6.45, 7) is 4.41. The van der Waals surface area contributed by atoms with Gasteiger partial charge in [0.05, 0.1) is 0 Å². The molecule has 6 aromatic carbocycles. The Morgan fingerprint density at radius 2 is 0.725 bits per heavy atom. The van der Waals surface area contributed by atoms with E-state index in [1.54, 1.807) is 0 Å². The highest BCUT2D eigenvalue weighted by atomic mass is 32.1. The zero-order chi connectivity index (χ0) is 26.8. The van der Waals surface area contributed by atoms with Crippen LogP contribution < -0.4 is 0 Å². The van der Waals surface area contributed by atoms with Gasteiger partial charge in [0.15, 0.2) is 0 Å². The van der Waals surface area contributed by atoms with Crippen LogP contribution in [0.1, 0.15) is 11.1 Å². The van der Waals surface area contributed by atoms with Gasteiger partial charge in [-0.05, 0) is 82.6 Å². The van der Waals surface area contributed by atoms with E-state index < -0.39 is 0 Å². The number of hydrogen-bond donors (Lipinski definition) is 0. The first kappa shape index (κ1) is 23.6. The van der Waals surface area contributed by atoms with Gasteiger partial charge in [-0.1, -0.05) is 97.1 Å². The maximum atomic E-state index is 2.36. The third-order valence-electron chi connectivity index (χ3n) is 8.12. The van der Waals surface area contributed by atoms with Crippen LogP contribution in [0.4, 0.5) is 0 Å². The summed E-state index contributed by atoms with van der Waals surface area (Å²) in [4.78, 5) is 0. The van der Waals surface area contributed by atoms with Crippen LogP contribution in [-0.2, 0) is 0 Å². The normalized spacial score (nSPS) is 11.8. The number of thiophene rings is 2. The molecule has 190 valence electrons. The van der Waals surface area contributed by atoms with Gasteiger partial charge in [0.2, 0.25) is 0 Å². The Labute approximate surface area is 241 Å². The molecule has 8 aromatic rings. The Balaban J connectivity index is 1.18. The minimum atomic E-state index is 1.24. The van der Waals surface area contributed by atoms with Gasteiger partial charge in [-0.3, -0.25) is 0 Å². The smallest absolute Gasteiger partial charge is 0.0384 e. The van der Waals surface area contributed by atoms with Gasteiger partial charge in [-0.2, -0.15) is 0 Å². The van der Waals surface area contributed by atoms with Crippen molar-refractivity contribution in [2.45, 2.75) is 13.8 Å². The van der Waals surface area contributed by atoms with Crippen molar-refractivity contribution in [2.75, 3.05) is 0 Å². The summed E-state index contributed by atoms with van der Waals surface area (Å²) < 4.78 is 5.48. The molecular weight excluding hydrogens is 521 g/mol. The van der Waals surface area contributed by atoms with Crippen LogP contribution in [0.3, 0.4) is 0 Å². The second-order valence-electron chi connectivity index (χ2n) is 10.7. The molecule has 8 rings (SSSR count). The molecule has 2 heterocycles. The minimum absolute atomic E-state index is 1.24. The second kappa shape index (κ2) is 9.16. The van der Waals surface area contributed by atoms with Crippen LogP contribution in [0.2, 0.25) is 0 Å². The maximum absolute atomic E-state index is 2.36. The molecule has 0 fully saturated rings. The summed E-state index contributed by atoms with van der Waals surface area (Å²) >= 11 is 3.80. The van der Waals surface area contributed by atoms with Crippen molar-refractivity contribution in [2.24, 2.45) is 0 Å². The third-order valence-corrected chi connectivity index (χ3v) is 10.7. The summed E-state index contributed by atoms with van der Waals surface area (Å²) in [6.07, 6.45) is 0. The summed E-state index contributed by atoms with van der Waals surface area (Å²) in [7, 11) is 0. The quantitative estimate of drug-likeness (QED) is 0.207. The first-order chi connectivity index (χ1) is 19.6. The first-order valence-electron chi connectivity index (χ1n) is 13.7. The van der Waals surface area contributed by atoms with E-state index in [1.807, 2.05) is 22.7 Å². The molecule has 0 saturated heterocycles. The summed E-state index contributed by atoms with van der Waals surface area (Å²) in [5.41, 5.74) is 10.2. The predicted octanol–water partition coefficient (Wildman–Crippen LogP) is 12.0. The van der Waals surface area contributed by atoms with Crippen molar-refractivity contribution in [1.82, 2.24) is 0 Å². The van der Waals surface area contributed by atoms with E-state index in [0.717, 1.165) is 0 Å². The Kier molecular flexibility index (Phi) is 5.41. The maximum Gasteiger partial charge on any atom is 0.0384 e. The zero-order valence-corrected chi connectivity index (χ0v) is 24.0.